The lowest BCUT2D eigenvalue weighted by molar-refractivity contribution is -0.137. The smallest absolute Gasteiger partial charge is 0.330 e. The van der Waals surface area contributed by atoms with E-state index in [4.69, 9.17) is 4.74 Å². The molecule has 0 amide bonds. The van der Waals surface area contributed by atoms with Crippen LogP contribution in [0, 0.1) is 12.8 Å². The Hall–Kier alpha value is -1.83. The van der Waals surface area contributed by atoms with Crippen LogP contribution >= 0.6 is 0 Å². The molecule has 0 radical (unpaired) electrons. The molecule has 2 nitrogen and oxygen atoms in total. The Bertz CT molecular complexity index is 838. The maximum atomic E-state index is 11.5. The van der Waals surface area contributed by atoms with Crippen molar-refractivity contribution in [1.82, 2.24) is 0 Å². The fourth-order valence-corrected chi connectivity index (χ4v) is 4.87. The second-order valence-corrected chi connectivity index (χ2v) is 10.4. The van der Waals surface area contributed by atoms with Gasteiger partial charge in [-0.1, -0.05) is 52.0 Å². The number of carbonyl (C=O) groups excluding carboxylic acids is 1. The Morgan fingerprint density at radius 1 is 1.14 bits per heavy atom. The van der Waals surface area contributed by atoms with Crippen LogP contribution < -0.4 is 0 Å². The van der Waals surface area contributed by atoms with Crippen LogP contribution in [0.3, 0.4) is 0 Å². The van der Waals surface area contributed by atoms with E-state index in [0.29, 0.717) is 12.5 Å². The highest BCUT2D eigenvalue weighted by atomic mass is 16.5. The number of esters is 1. The molecular weight excluding hydrogens is 356 g/mol. The van der Waals surface area contributed by atoms with E-state index < -0.39 is 0 Å². The molecule has 0 N–H and O–H groups in total. The largest absolute Gasteiger partial charge is 0.463 e. The third-order valence-electron chi connectivity index (χ3n) is 7.01. The summed E-state index contributed by atoms with van der Waals surface area (Å²) in [6, 6.07) is 5.04. The Morgan fingerprint density at radius 3 is 2.38 bits per heavy atom. The minimum atomic E-state index is -0.255. The molecule has 0 spiro atoms. The van der Waals surface area contributed by atoms with Crippen LogP contribution in [0.5, 0.6) is 0 Å². The normalized spacial score (nSPS) is 25.0. The Kier molecular flexibility index (Phi) is 6.13. The van der Waals surface area contributed by atoms with Crippen LogP contribution in [0.4, 0.5) is 0 Å². The fourth-order valence-electron chi connectivity index (χ4n) is 4.87. The van der Waals surface area contributed by atoms with Crippen molar-refractivity contribution in [3.05, 3.63) is 58.2 Å². The number of ether oxygens (including phenoxy) is 1. The van der Waals surface area contributed by atoms with Gasteiger partial charge >= 0.3 is 5.97 Å². The first kappa shape index (κ1) is 21.9. The van der Waals surface area contributed by atoms with Gasteiger partial charge in [0, 0.05) is 6.08 Å². The first-order chi connectivity index (χ1) is 13.5. The molecule has 2 unspecified atom stereocenters. The quantitative estimate of drug-likeness (QED) is 0.298. The minimum Gasteiger partial charge on any atom is -0.463 e. The zero-order valence-electron chi connectivity index (χ0n) is 19.4. The van der Waals surface area contributed by atoms with Crippen molar-refractivity contribution >= 4 is 5.97 Å². The molecule has 2 aliphatic carbocycles. The molecule has 1 saturated carbocycles. The van der Waals surface area contributed by atoms with Crippen LogP contribution in [0.25, 0.3) is 0 Å². The van der Waals surface area contributed by atoms with Gasteiger partial charge in [0.15, 0.2) is 0 Å². The van der Waals surface area contributed by atoms with Crippen LogP contribution in [-0.2, 0) is 20.4 Å². The molecule has 1 aromatic rings. The van der Waals surface area contributed by atoms with Gasteiger partial charge in [-0.25, -0.2) is 4.79 Å². The second-order valence-electron chi connectivity index (χ2n) is 10.4. The Labute approximate surface area is 177 Å². The number of aryl methyl sites for hydroxylation is 1. The molecule has 0 saturated heterocycles. The van der Waals surface area contributed by atoms with Crippen LogP contribution in [0.2, 0.25) is 0 Å². The molecule has 2 aliphatic rings. The van der Waals surface area contributed by atoms with E-state index in [1.54, 1.807) is 22.8 Å². The van der Waals surface area contributed by atoms with Gasteiger partial charge in [0.1, 0.15) is 0 Å². The molecule has 1 fully saturated rings. The summed E-state index contributed by atoms with van der Waals surface area (Å²) in [5.41, 5.74) is 7.66. The van der Waals surface area contributed by atoms with Gasteiger partial charge in [0.25, 0.3) is 0 Å². The highest BCUT2D eigenvalue weighted by Crippen LogP contribution is 2.53. The van der Waals surface area contributed by atoms with Gasteiger partial charge in [0.2, 0.25) is 0 Å². The van der Waals surface area contributed by atoms with E-state index in [-0.39, 0.29) is 16.8 Å². The van der Waals surface area contributed by atoms with Gasteiger partial charge in [-0.3, -0.25) is 0 Å². The fraction of sp³-hybridized carbons (Fsp3) is 0.593. The number of carbonyl (C=O) groups is 1. The maximum Gasteiger partial charge on any atom is 0.330 e. The molecule has 3 rings (SSSR count). The highest BCUT2D eigenvalue weighted by molar-refractivity contribution is 5.83. The molecule has 0 aromatic heterocycles. The summed E-state index contributed by atoms with van der Waals surface area (Å²) in [6.07, 6.45) is 10.7. The SMILES string of the molecule is CCOC(=O)C=C(C)C=CCC1CC1c1cc2c(cc1C)C(C)(C)CCC2(C)C. The maximum absolute atomic E-state index is 11.5. The molecule has 158 valence electrons. The molecule has 0 aliphatic heterocycles. The first-order valence-corrected chi connectivity index (χ1v) is 11.2. The van der Waals surface area contributed by atoms with Gasteiger partial charge < -0.3 is 4.74 Å². The summed E-state index contributed by atoms with van der Waals surface area (Å²) < 4.78 is 4.97. The second kappa shape index (κ2) is 8.13. The monoisotopic (exact) mass is 394 g/mol. The molecule has 1 aromatic carbocycles. The van der Waals surface area contributed by atoms with Gasteiger partial charge in [0.05, 0.1) is 6.61 Å². The zero-order chi connectivity index (χ0) is 21.4. The minimum absolute atomic E-state index is 0.255. The van der Waals surface area contributed by atoms with Crippen molar-refractivity contribution < 1.29 is 9.53 Å². The number of benzene rings is 1. The molecule has 29 heavy (non-hydrogen) atoms. The van der Waals surface area contributed by atoms with Crippen LogP contribution in [0.15, 0.2) is 35.9 Å². The summed E-state index contributed by atoms with van der Waals surface area (Å²) in [5, 5.41) is 0. The third kappa shape index (κ3) is 4.85. The standard InChI is InChI=1S/C27H38O2/c1-8-29-25(28)14-18(2)10-9-11-20-16-22(20)21-17-24-23(15-19(21)3)26(4,5)12-13-27(24,6)7/h9-10,14-15,17,20,22H,8,11-13,16H2,1-7H3. The van der Waals surface area contributed by atoms with Crippen molar-refractivity contribution in [2.24, 2.45) is 5.92 Å². The Morgan fingerprint density at radius 2 is 1.76 bits per heavy atom. The molecular formula is C27H38O2. The lowest BCUT2D eigenvalue weighted by atomic mass is 9.62. The van der Waals surface area contributed by atoms with E-state index in [9.17, 15) is 4.79 Å². The number of rotatable bonds is 6. The van der Waals surface area contributed by atoms with E-state index >= 15 is 0 Å². The van der Waals surface area contributed by atoms with Crippen LogP contribution in [0.1, 0.15) is 95.4 Å². The third-order valence-corrected chi connectivity index (χ3v) is 7.01. The summed E-state index contributed by atoms with van der Waals surface area (Å²) >= 11 is 0. The summed E-state index contributed by atoms with van der Waals surface area (Å²) in [7, 11) is 0. The van der Waals surface area contributed by atoms with Crippen molar-refractivity contribution in [2.75, 3.05) is 6.61 Å². The van der Waals surface area contributed by atoms with Crippen molar-refractivity contribution in [3.8, 4) is 0 Å². The predicted molar refractivity (Wildman–Crippen MR) is 121 cm³/mol. The first-order valence-electron chi connectivity index (χ1n) is 11.2. The van der Waals surface area contributed by atoms with Crippen molar-refractivity contribution in [2.45, 2.75) is 90.9 Å². The lowest BCUT2D eigenvalue weighted by Crippen LogP contribution is -2.34. The predicted octanol–water partition coefficient (Wildman–Crippen LogP) is 6.90. The number of hydrogen-bond acceptors (Lipinski definition) is 2. The van der Waals surface area contributed by atoms with Gasteiger partial charge in [-0.05, 0) is 96.9 Å². The summed E-state index contributed by atoms with van der Waals surface area (Å²) in [4.78, 5) is 11.5. The van der Waals surface area contributed by atoms with E-state index in [2.05, 4.69) is 58.9 Å². The summed E-state index contributed by atoms with van der Waals surface area (Å²) in [5.74, 6) is 1.15. The lowest BCUT2D eigenvalue weighted by Gasteiger charge is -2.42. The van der Waals surface area contributed by atoms with Crippen molar-refractivity contribution in [3.63, 3.8) is 0 Å². The van der Waals surface area contributed by atoms with E-state index in [1.165, 1.54) is 24.8 Å². The number of allylic oxidation sites excluding steroid dienone is 3. The molecule has 2 atom stereocenters. The topological polar surface area (TPSA) is 26.3 Å². The van der Waals surface area contributed by atoms with E-state index in [1.807, 2.05) is 13.8 Å². The van der Waals surface area contributed by atoms with Crippen molar-refractivity contribution in [1.29, 1.82) is 0 Å². The number of hydrogen-bond donors (Lipinski definition) is 0. The van der Waals surface area contributed by atoms with Gasteiger partial charge in [-0.2, -0.15) is 0 Å². The van der Waals surface area contributed by atoms with E-state index in [0.717, 1.165) is 17.9 Å². The molecule has 0 heterocycles. The average Bonchev–Trinajstić information content (AvgIpc) is 3.38. The van der Waals surface area contributed by atoms with Crippen LogP contribution in [-0.4, -0.2) is 12.6 Å². The zero-order valence-corrected chi connectivity index (χ0v) is 19.4. The number of fused-ring (bicyclic) bond motifs is 1. The molecule has 2 heteroatoms. The molecule has 0 bridgehead atoms. The van der Waals surface area contributed by atoms with Gasteiger partial charge in [-0.15, -0.1) is 0 Å². The highest BCUT2D eigenvalue weighted by Gasteiger charge is 2.41. The average molecular weight is 395 g/mol. The Balaban J connectivity index is 1.71. The summed E-state index contributed by atoms with van der Waals surface area (Å²) in [6.45, 7) is 16.1.